The number of amides is 3. The standard InChI is InChI=1S/C21H18F3N5O3/c1-20(2)18(30)29(15-4-6-16(7-5-15)32-21(22,23)24)19(31)27(20)13-14-8-10-25-12-17(14)28-11-3-9-26-28/h3-12H,13H2,1-2H3. The average molecular weight is 445 g/mol. The summed E-state index contributed by atoms with van der Waals surface area (Å²) in [4.78, 5) is 32.8. The molecule has 1 fully saturated rings. The maximum Gasteiger partial charge on any atom is 0.573 e. The van der Waals surface area contributed by atoms with Gasteiger partial charge in [0.25, 0.3) is 5.91 Å². The van der Waals surface area contributed by atoms with Gasteiger partial charge in [-0.1, -0.05) is 0 Å². The first kappa shape index (κ1) is 21.3. The fourth-order valence-electron chi connectivity index (χ4n) is 3.46. The molecule has 0 spiro atoms. The number of carbonyl (C=O) groups excluding carboxylic acids is 2. The topological polar surface area (TPSA) is 80.6 Å². The third-order valence-corrected chi connectivity index (χ3v) is 5.12. The number of aromatic nitrogens is 3. The van der Waals surface area contributed by atoms with Crippen LogP contribution < -0.4 is 9.64 Å². The van der Waals surface area contributed by atoms with Crippen LogP contribution in [-0.4, -0.2) is 43.5 Å². The Morgan fingerprint density at radius 1 is 1.06 bits per heavy atom. The predicted octanol–water partition coefficient (Wildman–Crippen LogP) is 3.91. The fraction of sp³-hybridized carbons (Fsp3) is 0.238. The van der Waals surface area contributed by atoms with Gasteiger partial charge < -0.3 is 9.64 Å². The molecule has 0 atom stereocenters. The predicted molar refractivity (Wildman–Crippen MR) is 107 cm³/mol. The van der Waals surface area contributed by atoms with E-state index in [0.29, 0.717) is 11.3 Å². The largest absolute Gasteiger partial charge is 0.573 e. The Labute approximate surface area is 180 Å². The van der Waals surface area contributed by atoms with Crippen LogP contribution in [0.5, 0.6) is 5.75 Å². The Hall–Kier alpha value is -3.89. The first-order valence-electron chi connectivity index (χ1n) is 9.53. The number of hydrogen-bond acceptors (Lipinski definition) is 5. The summed E-state index contributed by atoms with van der Waals surface area (Å²) in [5, 5.41) is 4.19. The number of benzene rings is 1. The van der Waals surface area contributed by atoms with E-state index in [4.69, 9.17) is 0 Å². The van der Waals surface area contributed by atoms with Crippen LogP contribution in [0.4, 0.5) is 23.7 Å². The van der Waals surface area contributed by atoms with Crippen LogP contribution >= 0.6 is 0 Å². The van der Waals surface area contributed by atoms with E-state index in [1.807, 2.05) is 0 Å². The molecule has 0 bridgehead atoms. The molecule has 0 saturated carbocycles. The highest BCUT2D eigenvalue weighted by molar-refractivity contribution is 6.22. The highest BCUT2D eigenvalue weighted by Crippen LogP contribution is 2.35. The number of rotatable bonds is 5. The van der Waals surface area contributed by atoms with E-state index in [9.17, 15) is 22.8 Å². The van der Waals surface area contributed by atoms with Crippen molar-refractivity contribution in [1.82, 2.24) is 19.7 Å². The molecule has 166 valence electrons. The van der Waals surface area contributed by atoms with E-state index < -0.39 is 29.6 Å². The zero-order chi connectivity index (χ0) is 23.1. The number of urea groups is 1. The van der Waals surface area contributed by atoms with Crippen molar-refractivity contribution < 1.29 is 27.5 Å². The molecular formula is C21H18F3N5O3. The number of carbonyl (C=O) groups is 2. The molecule has 2 aromatic heterocycles. The second-order valence-corrected chi connectivity index (χ2v) is 7.57. The lowest BCUT2D eigenvalue weighted by atomic mass is 10.0. The molecule has 0 aliphatic carbocycles. The van der Waals surface area contributed by atoms with Gasteiger partial charge in [0, 0.05) is 24.2 Å². The second kappa shape index (κ2) is 7.66. The summed E-state index contributed by atoms with van der Waals surface area (Å²) in [6.07, 6.45) is 1.69. The van der Waals surface area contributed by atoms with Crippen molar-refractivity contribution in [1.29, 1.82) is 0 Å². The van der Waals surface area contributed by atoms with E-state index in [2.05, 4.69) is 14.8 Å². The average Bonchev–Trinajstić information content (AvgIpc) is 3.31. The number of pyridine rings is 1. The maximum absolute atomic E-state index is 13.2. The van der Waals surface area contributed by atoms with Crippen LogP contribution in [0.25, 0.3) is 5.69 Å². The molecule has 1 aliphatic heterocycles. The van der Waals surface area contributed by atoms with Gasteiger partial charge in [-0.3, -0.25) is 9.78 Å². The molecule has 8 nitrogen and oxygen atoms in total. The molecule has 1 aliphatic rings. The van der Waals surface area contributed by atoms with E-state index in [1.165, 1.54) is 17.0 Å². The number of alkyl halides is 3. The molecule has 0 N–H and O–H groups in total. The van der Waals surface area contributed by atoms with Crippen molar-refractivity contribution in [3.8, 4) is 11.4 Å². The van der Waals surface area contributed by atoms with Crippen LogP contribution in [0.1, 0.15) is 19.4 Å². The Bertz CT molecular complexity index is 1140. The SMILES string of the molecule is CC1(C)C(=O)N(c2ccc(OC(F)(F)F)cc2)C(=O)N1Cc1ccncc1-n1cccn1. The van der Waals surface area contributed by atoms with E-state index >= 15 is 0 Å². The van der Waals surface area contributed by atoms with Gasteiger partial charge in [0.2, 0.25) is 0 Å². The molecular weight excluding hydrogens is 427 g/mol. The fourth-order valence-corrected chi connectivity index (χ4v) is 3.46. The second-order valence-electron chi connectivity index (χ2n) is 7.57. The van der Waals surface area contributed by atoms with E-state index in [1.54, 1.807) is 55.4 Å². The Kier molecular flexibility index (Phi) is 5.11. The molecule has 4 rings (SSSR count). The first-order chi connectivity index (χ1) is 15.1. The van der Waals surface area contributed by atoms with E-state index in [0.717, 1.165) is 17.0 Å². The molecule has 1 saturated heterocycles. The minimum Gasteiger partial charge on any atom is -0.406 e. The zero-order valence-corrected chi connectivity index (χ0v) is 17.1. The summed E-state index contributed by atoms with van der Waals surface area (Å²) in [6.45, 7) is 3.33. The van der Waals surface area contributed by atoms with Crippen molar-refractivity contribution in [2.24, 2.45) is 0 Å². The number of anilines is 1. The van der Waals surface area contributed by atoms with Crippen molar-refractivity contribution in [2.75, 3.05) is 4.90 Å². The third-order valence-electron chi connectivity index (χ3n) is 5.12. The molecule has 0 radical (unpaired) electrons. The first-order valence-corrected chi connectivity index (χ1v) is 9.53. The van der Waals surface area contributed by atoms with Crippen molar-refractivity contribution in [2.45, 2.75) is 32.3 Å². The number of imide groups is 1. The normalized spacial score (nSPS) is 16.0. The van der Waals surface area contributed by atoms with Gasteiger partial charge in [-0.05, 0) is 50.2 Å². The Balaban J connectivity index is 1.63. The zero-order valence-electron chi connectivity index (χ0n) is 17.1. The summed E-state index contributed by atoms with van der Waals surface area (Å²) in [5.41, 5.74) is 0.324. The van der Waals surface area contributed by atoms with Crippen molar-refractivity contribution in [3.63, 3.8) is 0 Å². The van der Waals surface area contributed by atoms with Gasteiger partial charge >= 0.3 is 12.4 Å². The highest BCUT2D eigenvalue weighted by atomic mass is 19.4. The Morgan fingerprint density at radius 3 is 2.41 bits per heavy atom. The Morgan fingerprint density at radius 2 is 1.78 bits per heavy atom. The molecule has 32 heavy (non-hydrogen) atoms. The summed E-state index contributed by atoms with van der Waals surface area (Å²) >= 11 is 0. The van der Waals surface area contributed by atoms with Crippen molar-refractivity contribution in [3.05, 3.63) is 66.7 Å². The minimum absolute atomic E-state index is 0.0983. The van der Waals surface area contributed by atoms with Crippen LogP contribution in [0, 0.1) is 0 Å². The van der Waals surface area contributed by atoms with Crippen LogP contribution in [0.15, 0.2) is 61.2 Å². The molecule has 3 aromatic rings. The van der Waals surface area contributed by atoms with Gasteiger partial charge in [0.1, 0.15) is 11.3 Å². The van der Waals surface area contributed by atoms with Crippen LogP contribution in [-0.2, 0) is 11.3 Å². The summed E-state index contributed by atoms with van der Waals surface area (Å²) in [6, 6.07) is 7.47. The van der Waals surface area contributed by atoms with Gasteiger partial charge in [0.15, 0.2) is 0 Å². The summed E-state index contributed by atoms with van der Waals surface area (Å²) < 4.78 is 42.7. The quantitative estimate of drug-likeness (QED) is 0.557. The molecule has 3 heterocycles. The summed E-state index contributed by atoms with van der Waals surface area (Å²) in [7, 11) is 0. The maximum atomic E-state index is 13.2. The number of nitrogens with zero attached hydrogens (tertiary/aromatic N) is 5. The van der Waals surface area contributed by atoms with Crippen molar-refractivity contribution >= 4 is 17.6 Å². The van der Waals surface area contributed by atoms with Crippen LogP contribution in [0.2, 0.25) is 0 Å². The van der Waals surface area contributed by atoms with Gasteiger partial charge in [-0.15, -0.1) is 13.2 Å². The molecule has 1 aromatic carbocycles. The molecule has 3 amide bonds. The van der Waals surface area contributed by atoms with Crippen LogP contribution in [0.3, 0.4) is 0 Å². The van der Waals surface area contributed by atoms with Gasteiger partial charge in [0.05, 0.1) is 24.1 Å². The monoisotopic (exact) mass is 445 g/mol. The minimum atomic E-state index is -4.84. The van der Waals surface area contributed by atoms with E-state index in [-0.39, 0.29) is 12.2 Å². The third kappa shape index (κ3) is 3.88. The molecule has 11 heteroatoms. The summed E-state index contributed by atoms with van der Waals surface area (Å²) in [5.74, 6) is -0.946. The number of ether oxygens (including phenoxy) is 1. The number of hydrogen-bond donors (Lipinski definition) is 0. The van der Waals surface area contributed by atoms with Gasteiger partial charge in [-0.25, -0.2) is 14.4 Å². The number of halogens is 3. The highest BCUT2D eigenvalue weighted by Gasteiger charge is 2.52. The lowest BCUT2D eigenvalue weighted by Crippen LogP contribution is -2.43. The lowest BCUT2D eigenvalue weighted by molar-refractivity contribution is -0.274. The smallest absolute Gasteiger partial charge is 0.406 e. The lowest BCUT2D eigenvalue weighted by Gasteiger charge is -2.28. The molecule has 0 unspecified atom stereocenters. The van der Waals surface area contributed by atoms with Gasteiger partial charge in [-0.2, -0.15) is 5.10 Å².